The lowest BCUT2D eigenvalue weighted by Crippen LogP contribution is -2.36. The lowest BCUT2D eigenvalue weighted by Gasteiger charge is -2.14. The average Bonchev–Trinajstić information content (AvgIpc) is 3.33. The van der Waals surface area contributed by atoms with Gasteiger partial charge in [-0.25, -0.2) is 4.79 Å². The topological polar surface area (TPSA) is 110 Å². The number of hydrogen-bond donors (Lipinski definition) is 1. The molecule has 0 aliphatic heterocycles. The van der Waals surface area contributed by atoms with E-state index in [1.807, 2.05) is 17.5 Å². The van der Waals surface area contributed by atoms with Crippen LogP contribution in [0.2, 0.25) is 0 Å². The fourth-order valence-corrected chi connectivity index (χ4v) is 2.83. The highest BCUT2D eigenvalue weighted by Crippen LogP contribution is 2.22. The van der Waals surface area contributed by atoms with Gasteiger partial charge < -0.3 is 19.3 Å². The SMILES string of the molecule is CC(C)Cc1nc(CN(C)C(=O)NCc2noc(-c3cccs3)n2)no1. The minimum absolute atomic E-state index is 0.170. The molecule has 0 spiro atoms. The third kappa shape index (κ3) is 4.66. The second kappa shape index (κ2) is 8.09. The molecule has 0 aromatic carbocycles. The van der Waals surface area contributed by atoms with Crippen LogP contribution in [0.1, 0.15) is 31.4 Å². The summed E-state index contributed by atoms with van der Waals surface area (Å²) in [6, 6.07) is 3.51. The number of carbonyl (C=O) groups excluding carboxylic acids is 1. The number of amides is 2. The van der Waals surface area contributed by atoms with Gasteiger partial charge in [0.15, 0.2) is 11.6 Å². The minimum Gasteiger partial charge on any atom is -0.339 e. The number of carbonyl (C=O) groups is 1. The van der Waals surface area contributed by atoms with Crippen LogP contribution in [0.15, 0.2) is 26.6 Å². The van der Waals surface area contributed by atoms with Gasteiger partial charge in [-0.2, -0.15) is 9.97 Å². The van der Waals surface area contributed by atoms with Gasteiger partial charge in [0.25, 0.3) is 5.89 Å². The number of nitrogens with one attached hydrogen (secondary N) is 1. The van der Waals surface area contributed by atoms with Gasteiger partial charge in [-0.1, -0.05) is 30.2 Å². The van der Waals surface area contributed by atoms with Gasteiger partial charge >= 0.3 is 6.03 Å². The van der Waals surface area contributed by atoms with Gasteiger partial charge in [0, 0.05) is 13.5 Å². The van der Waals surface area contributed by atoms with Crippen LogP contribution in [0, 0.1) is 5.92 Å². The zero-order valence-corrected chi connectivity index (χ0v) is 15.6. The molecule has 0 bridgehead atoms. The van der Waals surface area contributed by atoms with Gasteiger partial charge in [-0.3, -0.25) is 0 Å². The molecule has 26 heavy (non-hydrogen) atoms. The second-order valence-electron chi connectivity index (χ2n) is 6.21. The first-order chi connectivity index (χ1) is 12.5. The summed E-state index contributed by atoms with van der Waals surface area (Å²) in [7, 11) is 1.65. The summed E-state index contributed by atoms with van der Waals surface area (Å²) in [6.07, 6.45) is 0.716. The zero-order valence-electron chi connectivity index (χ0n) is 14.8. The van der Waals surface area contributed by atoms with Crippen LogP contribution in [0.4, 0.5) is 4.79 Å². The van der Waals surface area contributed by atoms with E-state index in [4.69, 9.17) is 9.05 Å². The molecule has 10 heteroatoms. The van der Waals surface area contributed by atoms with Crippen LogP contribution in [-0.2, 0) is 19.5 Å². The van der Waals surface area contributed by atoms with Gasteiger partial charge in [0.1, 0.15) is 0 Å². The van der Waals surface area contributed by atoms with Crippen LogP contribution in [0.3, 0.4) is 0 Å². The van der Waals surface area contributed by atoms with Crippen LogP contribution >= 0.6 is 11.3 Å². The normalized spacial score (nSPS) is 11.1. The number of rotatable bonds is 7. The Balaban J connectivity index is 1.49. The Morgan fingerprint density at radius 2 is 2.08 bits per heavy atom. The van der Waals surface area contributed by atoms with E-state index in [0.29, 0.717) is 35.8 Å². The van der Waals surface area contributed by atoms with E-state index in [2.05, 4.69) is 39.4 Å². The van der Waals surface area contributed by atoms with Crippen molar-refractivity contribution in [3.63, 3.8) is 0 Å². The highest BCUT2D eigenvalue weighted by Gasteiger charge is 2.15. The van der Waals surface area contributed by atoms with Crippen molar-refractivity contribution in [3.05, 3.63) is 35.1 Å². The molecule has 0 unspecified atom stereocenters. The van der Waals surface area contributed by atoms with E-state index in [1.54, 1.807) is 7.05 Å². The molecule has 138 valence electrons. The predicted octanol–water partition coefficient (Wildman–Crippen LogP) is 2.72. The lowest BCUT2D eigenvalue weighted by atomic mass is 10.1. The number of urea groups is 1. The maximum atomic E-state index is 12.2. The fraction of sp³-hybridized carbons (Fsp3) is 0.438. The van der Waals surface area contributed by atoms with Crippen molar-refractivity contribution >= 4 is 17.4 Å². The Morgan fingerprint density at radius 3 is 2.81 bits per heavy atom. The number of aromatic nitrogens is 4. The Hall–Kier alpha value is -2.75. The number of thiophene rings is 1. The van der Waals surface area contributed by atoms with Crippen molar-refractivity contribution < 1.29 is 13.8 Å². The molecule has 0 radical (unpaired) electrons. The summed E-state index contributed by atoms with van der Waals surface area (Å²) in [5, 5.41) is 12.4. The molecule has 0 saturated heterocycles. The first kappa shape index (κ1) is 18.1. The zero-order chi connectivity index (χ0) is 18.5. The molecular formula is C16H20N6O3S. The Morgan fingerprint density at radius 1 is 1.27 bits per heavy atom. The van der Waals surface area contributed by atoms with E-state index in [0.717, 1.165) is 4.88 Å². The summed E-state index contributed by atoms with van der Waals surface area (Å²) in [6.45, 7) is 4.57. The van der Waals surface area contributed by atoms with Crippen molar-refractivity contribution in [1.82, 2.24) is 30.5 Å². The highest BCUT2D eigenvalue weighted by atomic mass is 32.1. The average molecular weight is 376 g/mol. The maximum Gasteiger partial charge on any atom is 0.317 e. The summed E-state index contributed by atoms with van der Waals surface area (Å²) < 4.78 is 10.4. The minimum atomic E-state index is -0.289. The monoisotopic (exact) mass is 376 g/mol. The van der Waals surface area contributed by atoms with E-state index in [-0.39, 0.29) is 19.1 Å². The number of nitrogens with zero attached hydrogens (tertiary/aromatic N) is 5. The molecule has 0 fully saturated rings. The first-order valence-electron chi connectivity index (χ1n) is 8.18. The van der Waals surface area contributed by atoms with Crippen molar-refractivity contribution in [1.29, 1.82) is 0 Å². The summed E-state index contributed by atoms with van der Waals surface area (Å²) in [4.78, 5) is 23.1. The second-order valence-corrected chi connectivity index (χ2v) is 7.16. The fourth-order valence-electron chi connectivity index (χ4n) is 2.19. The molecule has 2 amide bonds. The van der Waals surface area contributed by atoms with Crippen molar-refractivity contribution in [3.8, 4) is 10.8 Å². The molecule has 0 atom stereocenters. The van der Waals surface area contributed by atoms with Gasteiger partial charge in [0.2, 0.25) is 5.89 Å². The quantitative estimate of drug-likeness (QED) is 0.675. The standard InChI is InChI=1S/C16H20N6O3S/c1-10(2)7-14-18-13(21-24-14)9-22(3)16(23)17-8-12-19-15(25-20-12)11-5-4-6-26-11/h4-6,10H,7-9H2,1-3H3,(H,17,23). The third-order valence-electron chi connectivity index (χ3n) is 3.42. The van der Waals surface area contributed by atoms with E-state index < -0.39 is 0 Å². The lowest BCUT2D eigenvalue weighted by molar-refractivity contribution is 0.204. The molecule has 3 aromatic heterocycles. The van der Waals surface area contributed by atoms with Crippen LogP contribution in [0.25, 0.3) is 10.8 Å². The van der Waals surface area contributed by atoms with Crippen LogP contribution in [0.5, 0.6) is 0 Å². The largest absolute Gasteiger partial charge is 0.339 e. The van der Waals surface area contributed by atoms with Crippen molar-refractivity contribution in [2.24, 2.45) is 5.92 Å². The Kier molecular flexibility index (Phi) is 5.61. The summed E-state index contributed by atoms with van der Waals surface area (Å²) in [5.41, 5.74) is 0. The summed E-state index contributed by atoms with van der Waals surface area (Å²) >= 11 is 1.51. The first-order valence-corrected chi connectivity index (χ1v) is 9.06. The van der Waals surface area contributed by atoms with Crippen molar-refractivity contribution in [2.45, 2.75) is 33.4 Å². The van der Waals surface area contributed by atoms with E-state index in [1.165, 1.54) is 16.2 Å². The van der Waals surface area contributed by atoms with E-state index in [9.17, 15) is 4.79 Å². The molecule has 3 aromatic rings. The molecule has 9 nitrogen and oxygen atoms in total. The molecule has 3 heterocycles. The van der Waals surface area contributed by atoms with Gasteiger partial charge in [-0.15, -0.1) is 11.3 Å². The summed E-state index contributed by atoms with van der Waals surface area (Å²) in [5.74, 6) is 2.34. The van der Waals surface area contributed by atoms with E-state index >= 15 is 0 Å². The van der Waals surface area contributed by atoms with Crippen LogP contribution < -0.4 is 5.32 Å². The molecule has 3 rings (SSSR count). The maximum absolute atomic E-state index is 12.2. The predicted molar refractivity (Wildman–Crippen MR) is 94.2 cm³/mol. The molecule has 0 saturated carbocycles. The smallest absolute Gasteiger partial charge is 0.317 e. The molecular weight excluding hydrogens is 356 g/mol. The van der Waals surface area contributed by atoms with Crippen LogP contribution in [-0.4, -0.2) is 38.3 Å². The van der Waals surface area contributed by atoms with Crippen molar-refractivity contribution in [2.75, 3.05) is 7.05 Å². The molecule has 1 N–H and O–H groups in total. The third-order valence-corrected chi connectivity index (χ3v) is 4.27. The van der Waals surface area contributed by atoms with Gasteiger partial charge in [-0.05, 0) is 17.4 Å². The Bertz CT molecular complexity index is 842. The molecule has 0 aliphatic rings. The number of hydrogen-bond acceptors (Lipinski definition) is 8. The highest BCUT2D eigenvalue weighted by molar-refractivity contribution is 7.13. The van der Waals surface area contributed by atoms with Gasteiger partial charge in [0.05, 0.1) is 18.0 Å². The molecule has 0 aliphatic carbocycles. The Labute approximate surface area is 154 Å².